The number of rotatable bonds is 8. The number of nitrogens with zero attached hydrogens (tertiary/aromatic N) is 1. The minimum Gasteiger partial charge on any atom is -0.337 e. The molecule has 1 aromatic rings. The van der Waals surface area contributed by atoms with Crippen LogP contribution in [-0.4, -0.2) is 56.2 Å². The monoisotopic (exact) mass is 518 g/mol. The van der Waals surface area contributed by atoms with Crippen molar-refractivity contribution in [3.63, 3.8) is 0 Å². The molecule has 5 amide bonds. The summed E-state index contributed by atoms with van der Waals surface area (Å²) >= 11 is 0. The van der Waals surface area contributed by atoms with Gasteiger partial charge in [0, 0.05) is 18.2 Å². The third-order valence-electron chi connectivity index (χ3n) is 6.88. The van der Waals surface area contributed by atoms with Crippen molar-refractivity contribution in [3.05, 3.63) is 41.0 Å². The van der Waals surface area contributed by atoms with E-state index in [1.54, 1.807) is 26.0 Å². The van der Waals surface area contributed by atoms with Gasteiger partial charge in [0.1, 0.15) is 12.3 Å². The van der Waals surface area contributed by atoms with Crippen LogP contribution >= 0.6 is 0 Å². The highest BCUT2D eigenvalue weighted by molar-refractivity contribution is 7.90. The minimum atomic E-state index is -4.02. The molecule has 0 bridgehead atoms. The zero-order chi connectivity index (χ0) is 26.5. The van der Waals surface area contributed by atoms with Gasteiger partial charge in [-0.1, -0.05) is 26.0 Å². The van der Waals surface area contributed by atoms with Gasteiger partial charge in [0.25, 0.3) is 15.9 Å². The topological polar surface area (TPSA) is 142 Å². The van der Waals surface area contributed by atoms with Gasteiger partial charge in [0.2, 0.25) is 0 Å². The number of urea groups is 2. The lowest BCUT2D eigenvalue weighted by atomic mass is 9.87. The third-order valence-corrected chi connectivity index (χ3v) is 8.22. The Bertz CT molecular complexity index is 1140. The summed E-state index contributed by atoms with van der Waals surface area (Å²) in [5, 5.41) is 5.38. The fourth-order valence-corrected chi connectivity index (χ4v) is 5.57. The molecule has 196 valence electrons. The Morgan fingerprint density at radius 2 is 1.75 bits per heavy atom. The summed E-state index contributed by atoms with van der Waals surface area (Å²) in [6.45, 7) is 5.81. The van der Waals surface area contributed by atoms with E-state index in [4.69, 9.17) is 0 Å². The molecule has 1 atom stereocenters. The van der Waals surface area contributed by atoms with E-state index in [2.05, 4.69) is 22.3 Å². The van der Waals surface area contributed by atoms with Crippen LogP contribution in [0.25, 0.3) is 0 Å². The van der Waals surface area contributed by atoms with E-state index in [0.717, 1.165) is 36.1 Å². The van der Waals surface area contributed by atoms with E-state index in [1.165, 1.54) is 12.1 Å². The number of nitrogens with one attached hydrogen (secondary N) is 3. The van der Waals surface area contributed by atoms with E-state index < -0.39 is 34.0 Å². The van der Waals surface area contributed by atoms with Crippen molar-refractivity contribution >= 4 is 34.3 Å². The average Bonchev–Trinajstić information content (AvgIpc) is 3.09. The van der Waals surface area contributed by atoms with Gasteiger partial charge in [-0.15, -0.1) is 0 Å². The number of carbonyl (C=O) groups is 4. The van der Waals surface area contributed by atoms with Crippen LogP contribution in [0.15, 0.2) is 40.3 Å². The molecular weight excluding hydrogens is 484 g/mol. The Balaban J connectivity index is 1.50. The smallest absolute Gasteiger partial charge is 0.328 e. The van der Waals surface area contributed by atoms with Crippen molar-refractivity contribution in [2.75, 3.05) is 6.54 Å². The van der Waals surface area contributed by atoms with Gasteiger partial charge >= 0.3 is 12.1 Å². The first-order valence-electron chi connectivity index (χ1n) is 12.3. The molecule has 1 aliphatic carbocycles. The van der Waals surface area contributed by atoms with Crippen molar-refractivity contribution < 1.29 is 27.6 Å². The quantitative estimate of drug-likeness (QED) is 0.452. The van der Waals surface area contributed by atoms with Crippen LogP contribution < -0.4 is 15.4 Å². The number of benzene rings is 1. The average molecular weight is 519 g/mol. The van der Waals surface area contributed by atoms with Crippen LogP contribution in [0.2, 0.25) is 0 Å². The summed E-state index contributed by atoms with van der Waals surface area (Å²) in [5.41, 5.74) is 1.80. The van der Waals surface area contributed by atoms with Crippen LogP contribution in [0.1, 0.15) is 58.4 Å². The number of carbonyl (C=O) groups excluding carboxylic acids is 4. The number of imide groups is 1. The van der Waals surface area contributed by atoms with Crippen LogP contribution in [0.5, 0.6) is 0 Å². The van der Waals surface area contributed by atoms with Crippen LogP contribution in [0, 0.1) is 5.92 Å². The van der Waals surface area contributed by atoms with Crippen molar-refractivity contribution in [1.29, 1.82) is 0 Å². The van der Waals surface area contributed by atoms with Gasteiger partial charge < -0.3 is 15.4 Å². The van der Waals surface area contributed by atoms with E-state index in [9.17, 15) is 27.6 Å². The Kier molecular flexibility index (Phi) is 8.89. The van der Waals surface area contributed by atoms with E-state index in [0.29, 0.717) is 36.2 Å². The van der Waals surface area contributed by atoms with Crippen LogP contribution in [0.4, 0.5) is 9.59 Å². The Labute approximate surface area is 211 Å². The number of hydrogen-bond acceptors (Lipinski definition) is 6. The summed E-state index contributed by atoms with van der Waals surface area (Å²) in [7, 11) is -4.02. The molecular formula is C25H34N4O6S. The predicted octanol–water partition coefficient (Wildman–Crippen LogP) is 2.64. The van der Waals surface area contributed by atoms with Crippen molar-refractivity contribution in [1.82, 2.24) is 20.3 Å². The first-order chi connectivity index (χ1) is 17.1. The minimum absolute atomic E-state index is 0.0279. The lowest BCUT2D eigenvalue weighted by molar-refractivity contribution is -0.126. The maximum atomic E-state index is 12.6. The summed E-state index contributed by atoms with van der Waals surface area (Å²) in [4.78, 5) is 49.6. The molecule has 1 aromatic carbocycles. The molecule has 0 radical (unpaired) electrons. The summed E-state index contributed by atoms with van der Waals surface area (Å²) in [6, 6.07) is 3.66. The molecule has 36 heavy (non-hydrogen) atoms. The third kappa shape index (κ3) is 6.31. The molecule has 0 saturated heterocycles. The molecule has 0 spiro atoms. The summed E-state index contributed by atoms with van der Waals surface area (Å²) < 4.78 is 27.2. The number of aldehydes is 1. The van der Waals surface area contributed by atoms with E-state index in [-0.39, 0.29) is 17.5 Å². The van der Waals surface area contributed by atoms with Gasteiger partial charge in [0.05, 0.1) is 4.90 Å². The highest BCUT2D eigenvalue weighted by Gasteiger charge is 2.39. The summed E-state index contributed by atoms with van der Waals surface area (Å²) in [6.07, 6.45) is 5.06. The molecule has 2 aliphatic rings. The van der Waals surface area contributed by atoms with E-state index >= 15 is 0 Å². The molecule has 1 saturated carbocycles. The second kappa shape index (κ2) is 11.7. The molecule has 1 aliphatic heterocycles. The fourth-order valence-electron chi connectivity index (χ4n) is 4.66. The Morgan fingerprint density at radius 3 is 2.33 bits per heavy atom. The van der Waals surface area contributed by atoms with Gasteiger partial charge in [0.15, 0.2) is 0 Å². The normalized spacial score (nSPS) is 22.4. The van der Waals surface area contributed by atoms with Gasteiger partial charge in [-0.2, -0.15) is 0 Å². The molecule has 11 heteroatoms. The molecule has 10 nitrogen and oxygen atoms in total. The lowest BCUT2D eigenvalue weighted by Crippen LogP contribution is -2.47. The molecule has 3 rings (SSSR count). The number of hydrogen-bond donors (Lipinski definition) is 3. The predicted molar refractivity (Wildman–Crippen MR) is 134 cm³/mol. The maximum Gasteiger partial charge on any atom is 0.328 e. The fraction of sp³-hybridized carbons (Fsp3) is 0.520. The molecule has 1 heterocycles. The molecule has 0 aromatic heterocycles. The van der Waals surface area contributed by atoms with Crippen molar-refractivity contribution in [3.8, 4) is 0 Å². The maximum absolute atomic E-state index is 12.6. The van der Waals surface area contributed by atoms with Crippen molar-refractivity contribution in [2.45, 2.75) is 76.3 Å². The second-order valence-electron chi connectivity index (χ2n) is 9.43. The number of amides is 5. The van der Waals surface area contributed by atoms with Gasteiger partial charge in [-0.05, 0) is 74.6 Å². The Morgan fingerprint density at radius 1 is 1.11 bits per heavy atom. The van der Waals surface area contributed by atoms with Crippen molar-refractivity contribution in [2.24, 2.45) is 5.92 Å². The first-order valence-corrected chi connectivity index (χ1v) is 13.7. The second-order valence-corrected chi connectivity index (χ2v) is 11.1. The number of sulfonamides is 1. The standard InChI is InChI=1S/C25H34N4O6S/c1-4-21-17(3)22(15-30)29(23(21)31)25(33)26-14-13-18-7-11-20(12-8-18)36(34,35)28-24(32)27-19-9-5-16(2)6-10-19/h7-8,11-12,15-16,19,22H,4-6,9-10,13-14H2,1-3H3,(H,26,33)(H2,27,28,32). The summed E-state index contributed by atoms with van der Waals surface area (Å²) in [5.74, 6) is 0.154. The lowest BCUT2D eigenvalue weighted by Gasteiger charge is -2.26. The molecule has 1 fully saturated rings. The highest BCUT2D eigenvalue weighted by Crippen LogP contribution is 2.27. The van der Waals surface area contributed by atoms with Gasteiger partial charge in [-0.25, -0.2) is 27.6 Å². The molecule has 3 N–H and O–H groups in total. The zero-order valence-electron chi connectivity index (χ0n) is 20.9. The van der Waals surface area contributed by atoms with Crippen LogP contribution in [0.3, 0.4) is 0 Å². The largest absolute Gasteiger partial charge is 0.337 e. The zero-order valence-corrected chi connectivity index (χ0v) is 21.7. The Hall–Kier alpha value is -3.21. The first kappa shape index (κ1) is 27.4. The van der Waals surface area contributed by atoms with E-state index in [1.807, 2.05) is 0 Å². The highest BCUT2D eigenvalue weighted by atomic mass is 32.2. The van der Waals surface area contributed by atoms with Crippen LogP contribution in [-0.2, 0) is 26.0 Å². The van der Waals surface area contributed by atoms with Gasteiger partial charge in [-0.3, -0.25) is 4.79 Å². The SMILES string of the molecule is CCC1=C(C)C(C=O)N(C(=O)NCCc2ccc(S(=O)(=O)NC(=O)NC3CCC(C)CC3)cc2)C1=O. The molecule has 1 unspecified atom stereocenters.